The van der Waals surface area contributed by atoms with E-state index in [-0.39, 0.29) is 20.9 Å². The molecule has 0 saturated heterocycles. The van der Waals surface area contributed by atoms with Crippen molar-refractivity contribution in [2.75, 3.05) is 6.61 Å². The van der Waals surface area contributed by atoms with Crippen LogP contribution in [-0.4, -0.2) is 42.4 Å². The molecule has 10 heteroatoms. The second-order valence-corrected chi connectivity index (χ2v) is 25.0. The highest BCUT2D eigenvalue weighted by molar-refractivity contribution is 8.20. The average Bonchev–Trinajstić information content (AvgIpc) is 2.90. The van der Waals surface area contributed by atoms with Crippen LogP contribution in [0.25, 0.3) is 0 Å². The predicted molar refractivity (Wildman–Crippen MR) is 128 cm³/mol. The number of hydrogen-bond acceptors (Lipinski definition) is 6. The molecule has 28 heavy (non-hydrogen) atoms. The Morgan fingerprint density at radius 1 is 1.18 bits per heavy atom. The summed E-state index contributed by atoms with van der Waals surface area (Å²) in [7, 11) is -7.74. The molecular formula is C18H41N3O3S2Si2. The Labute approximate surface area is 178 Å². The van der Waals surface area contributed by atoms with Gasteiger partial charge in [0.15, 0.2) is 8.32 Å². The Morgan fingerprint density at radius 3 is 1.96 bits per heavy atom. The van der Waals surface area contributed by atoms with Gasteiger partial charge in [-0.3, -0.25) is 0 Å². The van der Waals surface area contributed by atoms with Crippen molar-refractivity contribution in [3.63, 3.8) is 0 Å². The lowest BCUT2D eigenvalue weighted by Gasteiger charge is -2.56. The first-order valence-corrected chi connectivity index (χ1v) is 18.0. The van der Waals surface area contributed by atoms with E-state index in [1.54, 1.807) is 13.1 Å². The fourth-order valence-electron chi connectivity index (χ4n) is 2.93. The Kier molecular flexibility index (Phi) is 6.91. The third-order valence-electron chi connectivity index (χ3n) is 6.98. The highest BCUT2D eigenvalue weighted by Gasteiger charge is 2.65. The molecule has 6 nitrogen and oxygen atoms in total. The summed E-state index contributed by atoms with van der Waals surface area (Å²) in [5, 5.41) is 20.7. The minimum atomic E-state index is -3.37. The molecule has 0 aromatic rings. The summed E-state index contributed by atoms with van der Waals surface area (Å²) in [5.74, 6) is 0. The molecule has 3 atom stereocenters. The second kappa shape index (κ2) is 7.38. The summed E-state index contributed by atoms with van der Waals surface area (Å²) in [6.07, 6.45) is 1.57. The van der Waals surface area contributed by atoms with Crippen LogP contribution in [0.3, 0.4) is 0 Å². The molecule has 0 aliphatic carbocycles. The minimum absolute atomic E-state index is 0.0274. The van der Waals surface area contributed by atoms with E-state index < -0.39 is 36.4 Å². The van der Waals surface area contributed by atoms with Gasteiger partial charge in [0.1, 0.15) is 24.2 Å². The van der Waals surface area contributed by atoms with Crippen molar-refractivity contribution >= 4 is 38.1 Å². The van der Waals surface area contributed by atoms with E-state index in [0.717, 1.165) is 0 Å². The lowest BCUT2D eigenvalue weighted by Crippen LogP contribution is -2.74. The zero-order chi connectivity index (χ0) is 22.6. The summed E-state index contributed by atoms with van der Waals surface area (Å²) in [6.45, 7) is 23.7. The molecule has 166 valence electrons. The van der Waals surface area contributed by atoms with E-state index in [1.807, 2.05) is 0 Å². The van der Waals surface area contributed by atoms with Gasteiger partial charge in [-0.15, -0.1) is 0 Å². The van der Waals surface area contributed by atoms with Gasteiger partial charge in [0, 0.05) is 6.20 Å². The third kappa shape index (κ3) is 4.57. The second-order valence-electron chi connectivity index (χ2n) is 11.2. The van der Waals surface area contributed by atoms with Gasteiger partial charge in [-0.1, -0.05) is 66.4 Å². The Morgan fingerprint density at radius 2 is 1.64 bits per heavy atom. The van der Waals surface area contributed by atoms with E-state index >= 15 is 0 Å². The van der Waals surface area contributed by atoms with Crippen LogP contribution in [-0.2, 0) is 14.3 Å². The predicted octanol–water partition coefficient (Wildman–Crippen LogP) is 4.56. The molecule has 0 bridgehead atoms. The largest absolute Gasteiger partial charge is 0.414 e. The molecule has 1 heterocycles. The van der Waals surface area contributed by atoms with Gasteiger partial charge in [0.25, 0.3) is 0 Å². The van der Waals surface area contributed by atoms with Crippen LogP contribution in [0.1, 0.15) is 48.5 Å². The molecule has 3 unspecified atom stereocenters. The molecule has 0 fully saturated rings. The molecule has 1 aliphatic rings. The van der Waals surface area contributed by atoms with Crippen LogP contribution >= 0.6 is 11.8 Å². The number of rotatable bonds is 6. The monoisotopic (exact) mass is 467 g/mol. The number of thioether (sulfide) groups is 1. The normalized spacial score (nSPS) is 26.2. The first kappa shape index (κ1) is 26.2. The fourth-order valence-corrected chi connectivity index (χ4v) is 11.3. The number of nitrogens with two attached hydrogens (primary N) is 1. The number of hydrogen-bond donors (Lipinski definition) is 4. The zero-order valence-corrected chi connectivity index (χ0v) is 23.1. The lowest BCUT2D eigenvalue weighted by molar-refractivity contribution is -0.0135. The van der Waals surface area contributed by atoms with E-state index in [2.05, 4.69) is 73.0 Å². The van der Waals surface area contributed by atoms with Crippen LogP contribution in [0.4, 0.5) is 0 Å². The van der Waals surface area contributed by atoms with Crippen molar-refractivity contribution in [1.82, 2.24) is 5.32 Å². The molecule has 5 N–H and O–H groups in total. The van der Waals surface area contributed by atoms with Crippen LogP contribution in [0, 0.1) is 4.78 Å². The van der Waals surface area contributed by atoms with Crippen molar-refractivity contribution < 1.29 is 13.7 Å². The van der Waals surface area contributed by atoms with Crippen molar-refractivity contribution in [1.29, 1.82) is 4.78 Å². The molecule has 1 rings (SSSR count). The Hall–Kier alpha value is 0.154. The van der Waals surface area contributed by atoms with Gasteiger partial charge >= 0.3 is 0 Å². The van der Waals surface area contributed by atoms with Gasteiger partial charge in [-0.05, 0) is 30.1 Å². The summed E-state index contributed by atoms with van der Waals surface area (Å²) < 4.78 is 26.0. The van der Waals surface area contributed by atoms with Gasteiger partial charge in [0.05, 0.1) is 14.7 Å². The number of aliphatic hydroxyl groups is 1. The van der Waals surface area contributed by atoms with Crippen molar-refractivity contribution in [3.05, 3.63) is 10.4 Å². The van der Waals surface area contributed by atoms with E-state index in [1.165, 1.54) is 11.8 Å². The van der Waals surface area contributed by atoms with Crippen molar-refractivity contribution in [2.45, 2.75) is 94.8 Å². The smallest absolute Gasteiger partial charge is 0.192 e. The van der Waals surface area contributed by atoms with Gasteiger partial charge in [0.2, 0.25) is 0 Å². The molecule has 0 radical (unpaired) electrons. The highest BCUT2D eigenvalue weighted by Crippen LogP contribution is 2.56. The maximum Gasteiger partial charge on any atom is 0.192 e. The molecule has 0 saturated carbocycles. The van der Waals surface area contributed by atoms with E-state index in [0.29, 0.717) is 0 Å². The summed E-state index contributed by atoms with van der Waals surface area (Å²) in [4.78, 5) is 0. The van der Waals surface area contributed by atoms with Crippen molar-refractivity contribution in [3.8, 4) is 0 Å². The summed E-state index contributed by atoms with van der Waals surface area (Å²) in [5.41, 5.74) is -1.25. The zero-order valence-electron chi connectivity index (χ0n) is 19.4. The first-order chi connectivity index (χ1) is 12.0. The highest BCUT2D eigenvalue weighted by atomic mass is 32.3. The minimum Gasteiger partial charge on any atom is -0.414 e. The van der Waals surface area contributed by atoms with Crippen LogP contribution in [0.2, 0.25) is 36.3 Å². The third-order valence-corrected chi connectivity index (χ3v) is 22.4. The average molecular weight is 468 g/mol. The van der Waals surface area contributed by atoms with Gasteiger partial charge < -0.3 is 14.8 Å². The maximum absolute atomic E-state index is 12.3. The van der Waals surface area contributed by atoms with Crippen molar-refractivity contribution in [2.24, 2.45) is 5.14 Å². The van der Waals surface area contributed by atoms with E-state index in [4.69, 9.17) is 14.3 Å². The number of nitrogens with one attached hydrogen (secondary N) is 2. The lowest BCUT2D eigenvalue weighted by atomic mass is 10.1. The SMILES string of the molecule is CC(O)(CO[Si](C)(C)C(C)(C)C)C1([Si](C)(C)C(C)(C)C)NC=C(S(=N)(N)=O)S1. The quantitative estimate of drug-likeness (QED) is 0.428. The van der Waals surface area contributed by atoms with Crippen LogP contribution in [0.5, 0.6) is 0 Å². The molecular weight excluding hydrogens is 427 g/mol. The Balaban J connectivity index is 3.42. The van der Waals surface area contributed by atoms with Gasteiger partial charge in [-0.25, -0.2) is 14.1 Å². The topological polar surface area (TPSA) is 108 Å². The Bertz CT molecular complexity index is 736. The molecule has 0 aromatic heterocycles. The first-order valence-electron chi connectivity index (χ1n) is 9.62. The molecule has 0 amide bonds. The summed E-state index contributed by atoms with van der Waals surface area (Å²) in [6, 6.07) is 0. The van der Waals surface area contributed by atoms with Crippen LogP contribution < -0.4 is 10.5 Å². The van der Waals surface area contributed by atoms with Crippen LogP contribution in [0.15, 0.2) is 10.4 Å². The maximum atomic E-state index is 12.3. The standard InChI is InChI=1S/C18H41N3O3S2Si2/c1-15(2,3)27(8,9)18(21-12-14(25-18)26(19,20)23)17(7,22)13-24-28(10,11)16(4,5)6/h12,21-22H,13H2,1-11H3,(H3,19,20,23). The van der Waals surface area contributed by atoms with Gasteiger partial charge in [-0.2, -0.15) is 0 Å². The fraction of sp³-hybridized carbons (Fsp3) is 0.889. The molecule has 0 aromatic carbocycles. The van der Waals surface area contributed by atoms with E-state index in [9.17, 15) is 9.32 Å². The molecule has 1 aliphatic heterocycles. The molecule has 0 spiro atoms. The summed E-state index contributed by atoms with van der Waals surface area (Å²) >= 11 is 1.27.